The minimum atomic E-state index is -3.17. The second-order valence-corrected chi connectivity index (χ2v) is 9.62. The number of ether oxygens (including phenoxy) is 1. The van der Waals surface area contributed by atoms with Crippen LogP contribution in [0.3, 0.4) is 0 Å². The molecule has 0 aromatic heterocycles. The quantitative estimate of drug-likeness (QED) is 0.705. The van der Waals surface area contributed by atoms with E-state index < -0.39 is 10.0 Å². The van der Waals surface area contributed by atoms with Gasteiger partial charge in [-0.15, -0.1) is 0 Å². The lowest BCUT2D eigenvalue weighted by Crippen LogP contribution is -2.62. The molecular weight excluding hydrogens is 354 g/mol. The second-order valence-electron chi connectivity index (χ2n) is 7.32. The van der Waals surface area contributed by atoms with Gasteiger partial charge in [-0.2, -0.15) is 0 Å². The molecule has 3 rings (SSSR count). The molecule has 144 valence electrons. The maximum atomic E-state index is 12.1. The van der Waals surface area contributed by atoms with Gasteiger partial charge in [0.25, 0.3) is 0 Å². The van der Waals surface area contributed by atoms with Gasteiger partial charge in [0.05, 0.1) is 11.3 Å². The zero-order chi connectivity index (χ0) is 18.8. The molecule has 2 aliphatic rings. The summed E-state index contributed by atoms with van der Waals surface area (Å²) in [5.74, 6) is 0.140. The minimum absolute atomic E-state index is 0.140. The number of fused-ring (bicyclic) bond motifs is 1. The Bertz CT molecular complexity index is 738. The zero-order valence-corrected chi connectivity index (χ0v) is 16.2. The standard InChI is InChI=1S/C18H27N3O4S/c1-19(2)26(23,24)12-6-9-20-10-11-21-17(22)25-15-18(21,14-20)13-16-7-4-3-5-8-16/h3-5,7-8H,6,9-15H2,1-2H3. The van der Waals surface area contributed by atoms with Crippen LogP contribution in [0.15, 0.2) is 30.3 Å². The van der Waals surface area contributed by atoms with Crippen molar-refractivity contribution in [1.29, 1.82) is 0 Å². The van der Waals surface area contributed by atoms with Crippen molar-refractivity contribution in [3.8, 4) is 0 Å². The van der Waals surface area contributed by atoms with Crippen LogP contribution in [0.5, 0.6) is 0 Å². The molecule has 2 saturated heterocycles. The molecule has 2 fully saturated rings. The zero-order valence-electron chi connectivity index (χ0n) is 15.4. The summed E-state index contributed by atoms with van der Waals surface area (Å²) in [7, 11) is -0.0517. The Morgan fingerprint density at radius 2 is 1.92 bits per heavy atom. The largest absolute Gasteiger partial charge is 0.447 e. The van der Waals surface area contributed by atoms with Gasteiger partial charge in [-0.25, -0.2) is 17.5 Å². The van der Waals surface area contributed by atoms with E-state index in [2.05, 4.69) is 17.0 Å². The highest BCUT2D eigenvalue weighted by atomic mass is 32.2. The van der Waals surface area contributed by atoms with Gasteiger partial charge in [-0.1, -0.05) is 30.3 Å². The fraction of sp³-hybridized carbons (Fsp3) is 0.611. The molecule has 1 aromatic carbocycles. The Kier molecular flexibility index (Phi) is 5.55. The Hall–Kier alpha value is -1.64. The first kappa shape index (κ1) is 19.1. The number of amides is 1. The lowest BCUT2D eigenvalue weighted by molar-refractivity contribution is 0.0520. The number of piperazine rings is 1. The summed E-state index contributed by atoms with van der Waals surface area (Å²) in [5, 5.41) is 0. The Balaban J connectivity index is 1.66. The van der Waals surface area contributed by atoms with Crippen LogP contribution in [0, 0.1) is 0 Å². The van der Waals surface area contributed by atoms with E-state index in [4.69, 9.17) is 4.74 Å². The third-order valence-corrected chi connectivity index (χ3v) is 7.14. The van der Waals surface area contributed by atoms with E-state index in [1.54, 1.807) is 14.1 Å². The fourth-order valence-electron chi connectivity index (χ4n) is 3.76. The highest BCUT2D eigenvalue weighted by molar-refractivity contribution is 7.89. The smallest absolute Gasteiger partial charge is 0.410 e. The number of hydrogen-bond acceptors (Lipinski definition) is 5. The summed E-state index contributed by atoms with van der Waals surface area (Å²) in [4.78, 5) is 16.2. The first-order valence-corrected chi connectivity index (χ1v) is 10.5. The second kappa shape index (κ2) is 7.54. The summed E-state index contributed by atoms with van der Waals surface area (Å²) in [6.07, 6.45) is 1.08. The van der Waals surface area contributed by atoms with Crippen LogP contribution in [0.1, 0.15) is 12.0 Å². The molecule has 0 aliphatic carbocycles. The number of cyclic esters (lactones) is 1. The summed E-state index contributed by atoms with van der Waals surface area (Å²) < 4.78 is 30.5. The predicted molar refractivity (Wildman–Crippen MR) is 99.5 cm³/mol. The van der Waals surface area contributed by atoms with Gasteiger partial charge in [-0.3, -0.25) is 9.80 Å². The Labute approximate surface area is 155 Å². The number of rotatable bonds is 7. The fourth-order valence-corrected chi connectivity index (χ4v) is 4.62. The molecular formula is C18H27N3O4S. The highest BCUT2D eigenvalue weighted by Crippen LogP contribution is 2.32. The topological polar surface area (TPSA) is 70.2 Å². The molecule has 1 amide bonds. The van der Waals surface area contributed by atoms with Gasteiger partial charge < -0.3 is 4.74 Å². The molecule has 1 unspecified atom stereocenters. The SMILES string of the molecule is CN(C)S(=O)(=O)CCCN1CCN2C(=O)OCC2(Cc2ccccc2)C1. The normalized spacial score (nSPS) is 24.0. The van der Waals surface area contributed by atoms with Gasteiger partial charge in [0, 0.05) is 40.2 Å². The first-order valence-electron chi connectivity index (χ1n) is 8.93. The van der Waals surface area contributed by atoms with E-state index in [0.717, 1.165) is 13.0 Å². The monoisotopic (exact) mass is 381 g/mol. The molecule has 26 heavy (non-hydrogen) atoms. The Morgan fingerprint density at radius 3 is 2.62 bits per heavy atom. The number of benzene rings is 1. The van der Waals surface area contributed by atoms with Gasteiger partial charge in [0.15, 0.2) is 0 Å². The average molecular weight is 381 g/mol. The van der Waals surface area contributed by atoms with Crippen LogP contribution in [0.25, 0.3) is 0 Å². The third-order valence-electron chi connectivity index (χ3n) is 5.22. The van der Waals surface area contributed by atoms with Gasteiger partial charge in [0.2, 0.25) is 10.0 Å². The van der Waals surface area contributed by atoms with Crippen molar-refractivity contribution in [2.24, 2.45) is 0 Å². The number of carbonyl (C=O) groups is 1. The van der Waals surface area contributed by atoms with Crippen molar-refractivity contribution < 1.29 is 17.9 Å². The Morgan fingerprint density at radius 1 is 1.19 bits per heavy atom. The van der Waals surface area contributed by atoms with Crippen LogP contribution in [0.2, 0.25) is 0 Å². The lowest BCUT2D eigenvalue weighted by Gasteiger charge is -2.45. The maximum Gasteiger partial charge on any atom is 0.410 e. The van der Waals surface area contributed by atoms with E-state index in [0.29, 0.717) is 32.7 Å². The first-order chi connectivity index (χ1) is 12.3. The molecule has 0 saturated carbocycles. The molecule has 2 aliphatic heterocycles. The van der Waals surface area contributed by atoms with Crippen LogP contribution in [-0.2, 0) is 21.2 Å². The van der Waals surface area contributed by atoms with Crippen molar-refractivity contribution in [3.63, 3.8) is 0 Å². The van der Waals surface area contributed by atoms with Gasteiger partial charge in [-0.05, 0) is 18.5 Å². The summed E-state index contributed by atoms with van der Waals surface area (Å²) in [6, 6.07) is 10.1. The van der Waals surface area contributed by atoms with Crippen LogP contribution >= 0.6 is 0 Å². The van der Waals surface area contributed by atoms with Crippen molar-refractivity contribution in [2.45, 2.75) is 18.4 Å². The number of carbonyl (C=O) groups excluding carboxylic acids is 1. The van der Waals surface area contributed by atoms with E-state index in [-0.39, 0.29) is 17.4 Å². The molecule has 8 heteroatoms. The molecule has 1 aromatic rings. The van der Waals surface area contributed by atoms with Crippen LogP contribution in [-0.4, -0.2) is 86.8 Å². The van der Waals surface area contributed by atoms with Crippen molar-refractivity contribution in [2.75, 3.05) is 52.6 Å². The molecule has 0 radical (unpaired) electrons. The molecule has 0 N–H and O–H groups in total. The molecule has 2 heterocycles. The van der Waals surface area contributed by atoms with Crippen molar-refractivity contribution in [3.05, 3.63) is 35.9 Å². The highest BCUT2D eigenvalue weighted by Gasteiger charge is 2.50. The lowest BCUT2D eigenvalue weighted by atomic mass is 9.88. The average Bonchev–Trinajstić information content (AvgIpc) is 2.91. The van der Waals surface area contributed by atoms with Crippen LogP contribution < -0.4 is 0 Å². The van der Waals surface area contributed by atoms with E-state index in [9.17, 15) is 13.2 Å². The van der Waals surface area contributed by atoms with E-state index in [1.165, 1.54) is 9.87 Å². The third kappa shape index (κ3) is 4.02. The van der Waals surface area contributed by atoms with Gasteiger partial charge in [0.1, 0.15) is 6.61 Å². The molecule has 7 nitrogen and oxygen atoms in total. The summed E-state index contributed by atoms with van der Waals surface area (Å²) in [5.41, 5.74) is 0.810. The molecule has 0 bridgehead atoms. The van der Waals surface area contributed by atoms with Crippen molar-refractivity contribution in [1.82, 2.24) is 14.1 Å². The molecule has 1 atom stereocenters. The van der Waals surface area contributed by atoms with E-state index in [1.807, 2.05) is 23.1 Å². The van der Waals surface area contributed by atoms with Crippen molar-refractivity contribution >= 4 is 16.1 Å². The number of hydrogen-bond donors (Lipinski definition) is 0. The van der Waals surface area contributed by atoms with Gasteiger partial charge >= 0.3 is 6.09 Å². The maximum absolute atomic E-state index is 12.1. The molecule has 0 spiro atoms. The summed E-state index contributed by atoms with van der Waals surface area (Å²) >= 11 is 0. The summed E-state index contributed by atoms with van der Waals surface area (Å²) in [6.45, 7) is 3.15. The van der Waals surface area contributed by atoms with E-state index >= 15 is 0 Å². The number of sulfonamides is 1. The van der Waals surface area contributed by atoms with Crippen LogP contribution in [0.4, 0.5) is 4.79 Å². The predicted octanol–water partition coefficient (Wildman–Crippen LogP) is 1.02. The number of nitrogens with zero attached hydrogens (tertiary/aromatic N) is 3. The minimum Gasteiger partial charge on any atom is -0.447 e.